The zero-order chi connectivity index (χ0) is 13.9. The molecule has 0 spiro atoms. The summed E-state index contributed by atoms with van der Waals surface area (Å²) in [5.41, 5.74) is 0.891. The summed E-state index contributed by atoms with van der Waals surface area (Å²) in [5, 5.41) is 14.9. The Bertz CT molecular complexity index is 576. The highest BCUT2D eigenvalue weighted by atomic mass is 32.1. The number of hydrogen-bond donors (Lipinski definition) is 2. The first-order valence-electron chi connectivity index (χ1n) is 6.95. The fourth-order valence-electron chi connectivity index (χ4n) is 2.68. The van der Waals surface area contributed by atoms with Crippen LogP contribution in [0.5, 0.6) is 0 Å². The van der Waals surface area contributed by atoms with Gasteiger partial charge in [0.25, 0.3) is 5.91 Å². The van der Waals surface area contributed by atoms with Crippen molar-refractivity contribution in [1.29, 1.82) is 0 Å². The molecule has 5 heteroatoms. The second-order valence-electron chi connectivity index (χ2n) is 5.16. The largest absolute Gasteiger partial charge is 0.391 e. The average Bonchev–Trinajstić information content (AvgIpc) is 3.11. The van der Waals surface area contributed by atoms with Crippen LogP contribution in [0.2, 0.25) is 0 Å². The zero-order valence-corrected chi connectivity index (χ0v) is 12.0. The Balaban J connectivity index is 1.76. The Morgan fingerprint density at radius 2 is 2.05 bits per heavy atom. The summed E-state index contributed by atoms with van der Waals surface area (Å²) in [4.78, 5) is 13.1. The summed E-state index contributed by atoms with van der Waals surface area (Å²) in [6.07, 6.45) is 7.18. The quantitative estimate of drug-likeness (QED) is 0.913. The lowest BCUT2D eigenvalue weighted by molar-refractivity contribution is 0.0720. The maximum atomic E-state index is 12.4. The molecule has 20 heavy (non-hydrogen) atoms. The molecule has 2 aromatic rings. The Hall–Kier alpha value is -1.59. The molecule has 1 aliphatic rings. The Kier molecular flexibility index (Phi) is 3.89. The smallest absolute Gasteiger partial charge is 0.263 e. The molecule has 1 saturated carbocycles. The predicted molar refractivity (Wildman–Crippen MR) is 79.4 cm³/mol. The lowest BCUT2D eigenvalue weighted by atomic mass is 9.92. The van der Waals surface area contributed by atoms with Crippen LogP contribution in [0.1, 0.15) is 35.4 Å². The second-order valence-corrected chi connectivity index (χ2v) is 6.07. The van der Waals surface area contributed by atoms with Crippen LogP contribution in [0.3, 0.4) is 0 Å². The number of amides is 1. The van der Waals surface area contributed by atoms with Gasteiger partial charge in [-0.15, -0.1) is 11.3 Å². The third kappa shape index (κ3) is 2.64. The minimum absolute atomic E-state index is 0.0883. The number of carbonyl (C=O) groups is 1. The van der Waals surface area contributed by atoms with E-state index in [0.29, 0.717) is 4.88 Å². The van der Waals surface area contributed by atoms with Crippen molar-refractivity contribution < 1.29 is 9.90 Å². The van der Waals surface area contributed by atoms with E-state index in [1.807, 2.05) is 40.5 Å². The molecule has 4 nitrogen and oxygen atoms in total. The second kappa shape index (κ2) is 5.81. The van der Waals surface area contributed by atoms with Crippen molar-refractivity contribution in [3.8, 4) is 5.69 Å². The van der Waals surface area contributed by atoms with Crippen LogP contribution < -0.4 is 5.32 Å². The van der Waals surface area contributed by atoms with Gasteiger partial charge in [0, 0.05) is 12.4 Å². The van der Waals surface area contributed by atoms with E-state index in [9.17, 15) is 9.90 Å². The molecule has 1 amide bonds. The number of thiophene rings is 1. The van der Waals surface area contributed by atoms with Gasteiger partial charge in [-0.3, -0.25) is 4.79 Å². The molecule has 1 fully saturated rings. The van der Waals surface area contributed by atoms with E-state index < -0.39 is 6.10 Å². The molecule has 2 N–H and O–H groups in total. The van der Waals surface area contributed by atoms with E-state index in [-0.39, 0.29) is 11.9 Å². The van der Waals surface area contributed by atoms with Gasteiger partial charge in [0.05, 0.1) is 17.8 Å². The molecule has 0 aromatic carbocycles. The molecule has 0 radical (unpaired) electrons. The highest BCUT2D eigenvalue weighted by Gasteiger charge is 2.26. The maximum Gasteiger partial charge on any atom is 0.263 e. The summed E-state index contributed by atoms with van der Waals surface area (Å²) in [5.74, 6) is -0.0883. The summed E-state index contributed by atoms with van der Waals surface area (Å²) in [6.45, 7) is 0. The minimum atomic E-state index is -0.414. The SMILES string of the molecule is O=C(N[C@@H]1CCCC[C@H]1O)c1sccc1-n1cccc1. The Morgan fingerprint density at radius 1 is 1.30 bits per heavy atom. The van der Waals surface area contributed by atoms with Crippen LogP contribution in [0.4, 0.5) is 0 Å². The molecule has 106 valence electrons. The molecule has 2 atom stereocenters. The minimum Gasteiger partial charge on any atom is -0.391 e. The molecule has 0 aliphatic heterocycles. The highest BCUT2D eigenvalue weighted by molar-refractivity contribution is 7.12. The van der Waals surface area contributed by atoms with Crippen LogP contribution in [-0.2, 0) is 0 Å². The Morgan fingerprint density at radius 3 is 2.80 bits per heavy atom. The first-order chi connectivity index (χ1) is 9.75. The number of aromatic nitrogens is 1. The van der Waals surface area contributed by atoms with Gasteiger partial charge in [0.15, 0.2) is 0 Å². The van der Waals surface area contributed by atoms with Gasteiger partial charge in [0.2, 0.25) is 0 Å². The van der Waals surface area contributed by atoms with Crippen molar-refractivity contribution in [2.75, 3.05) is 0 Å². The van der Waals surface area contributed by atoms with Crippen LogP contribution in [0.25, 0.3) is 5.69 Å². The standard InChI is InChI=1S/C15H18N2O2S/c18-13-6-2-1-5-11(13)16-15(19)14-12(7-10-20-14)17-8-3-4-9-17/h3-4,7-11,13,18H,1-2,5-6H2,(H,16,19)/t11-,13-/m1/s1. The summed E-state index contributed by atoms with van der Waals surface area (Å²) >= 11 is 1.43. The number of nitrogens with zero attached hydrogens (tertiary/aromatic N) is 1. The topological polar surface area (TPSA) is 54.3 Å². The molecule has 0 bridgehead atoms. The van der Waals surface area contributed by atoms with Gasteiger partial charge < -0.3 is 15.0 Å². The van der Waals surface area contributed by atoms with Crippen molar-refractivity contribution in [3.63, 3.8) is 0 Å². The van der Waals surface area contributed by atoms with Crippen molar-refractivity contribution >= 4 is 17.2 Å². The number of rotatable bonds is 3. The van der Waals surface area contributed by atoms with Gasteiger partial charge in [0.1, 0.15) is 4.88 Å². The van der Waals surface area contributed by atoms with Crippen molar-refractivity contribution in [2.45, 2.75) is 37.8 Å². The molecule has 0 unspecified atom stereocenters. The summed E-state index contributed by atoms with van der Waals surface area (Å²) < 4.78 is 1.93. The van der Waals surface area contributed by atoms with Crippen molar-refractivity contribution in [3.05, 3.63) is 40.8 Å². The lowest BCUT2D eigenvalue weighted by Crippen LogP contribution is -2.45. The third-order valence-corrected chi connectivity index (χ3v) is 4.68. The first-order valence-corrected chi connectivity index (χ1v) is 7.83. The van der Waals surface area contributed by atoms with Crippen molar-refractivity contribution in [1.82, 2.24) is 9.88 Å². The van der Waals surface area contributed by atoms with Crippen LogP contribution >= 0.6 is 11.3 Å². The number of hydrogen-bond acceptors (Lipinski definition) is 3. The molecule has 0 saturated heterocycles. The molecular weight excluding hydrogens is 272 g/mol. The van der Waals surface area contributed by atoms with Gasteiger partial charge in [-0.25, -0.2) is 0 Å². The normalized spacial score (nSPS) is 22.6. The van der Waals surface area contributed by atoms with E-state index >= 15 is 0 Å². The molecular formula is C15H18N2O2S. The monoisotopic (exact) mass is 290 g/mol. The van der Waals surface area contributed by atoms with E-state index in [2.05, 4.69) is 5.32 Å². The fraction of sp³-hybridized carbons (Fsp3) is 0.400. The number of aliphatic hydroxyl groups is 1. The Labute approximate surface area is 122 Å². The number of carbonyl (C=O) groups excluding carboxylic acids is 1. The van der Waals surface area contributed by atoms with E-state index in [4.69, 9.17) is 0 Å². The van der Waals surface area contributed by atoms with E-state index in [1.165, 1.54) is 11.3 Å². The van der Waals surface area contributed by atoms with Crippen LogP contribution in [-0.4, -0.2) is 27.7 Å². The van der Waals surface area contributed by atoms with E-state index in [0.717, 1.165) is 31.4 Å². The predicted octanol–water partition coefficient (Wildman–Crippen LogP) is 2.57. The van der Waals surface area contributed by atoms with E-state index in [1.54, 1.807) is 0 Å². The van der Waals surface area contributed by atoms with Gasteiger partial charge >= 0.3 is 0 Å². The average molecular weight is 290 g/mol. The maximum absolute atomic E-state index is 12.4. The first kappa shape index (κ1) is 13.4. The summed E-state index contributed by atoms with van der Waals surface area (Å²) in [7, 11) is 0. The van der Waals surface area contributed by atoms with Crippen molar-refractivity contribution in [2.24, 2.45) is 0 Å². The number of nitrogens with one attached hydrogen (secondary N) is 1. The fourth-order valence-corrected chi connectivity index (χ4v) is 3.48. The third-order valence-electron chi connectivity index (χ3n) is 3.78. The number of aliphatic hydroxyl groups excluding tert-OH is 1. The lowest BCUT2D eigenvalue weighted by Gasteiger charge is -2.28. The van der Waals surface area contributed by atoms with Gasteiger partial charge in [-0.05, 0) is 36.4 Å². The highest BCUT2D eigenvalue weighted by Crippen LogP contribution is 2.23. The molecule has 2 aromatic heterocycles. The zero-order valence-electron chi connectivity index (χ0n) is 11.2. The van der Waals surface area contributed by atoms with Crippen LogP contribution in [0, 0.1) is 0 Å². The molecule has 1 aliphatic carbocycles. The summed E-state index contributed by atoms with van der Waals surface area (Å²) in [6, 6.07) is 5.70. The van der Waals surface area contributed by atoms with Gasteiger partial charge in [-0.2, -0.15) is 0 Å². The molecule has 2 heterocycles. The van der Waals surface area contributed by atoms with Gasteiger partial charge in [-0.1, -0.05) is 12.8 Å². The molecule has 3 rings (SSSR count). The van der Waals surface area contributed by atoms with Crippen LogP contribution in [0.15, 0.2) is 36.0 Å².